The van der Waals surface area contributed by atoms with Crippen molar-refractivity contribution in [3.63, 3.8) is 0 Å². The van der Waals surface area contributed by atoms with Gasteiger partial charge < -0.3 is 5.32 Å². The van der Waals surface area contributed by atoms with E-state index in [-0.39, 0.29) is 0 Å². The van der Waals surface area contributed by atoms with Crippen LogP contribution in [0.3, 0.4) is 0 Å². The Balaban J connectivity index is 2.34. The number of rotatable bonds is 9. The average molecular weight is 261 g/mol. The average Bonchev–Trinajstić information content (AvgIpc) is 2.35. The first-order chi connectivity index (χ1) is 9.11. The highest BCUT2D eigenvalue weighted by Gasteiger charge is 2.04. The third kappa shape index (κ3) is 7.37. The lowest BCUT2D eigenvalue weighted by Crippen LogP contribution is -2.33. The Morgan fingerprint density at radius 2 is 1.53 bits per heavy atom. The summed E-state index contributed by atoms with van der Waals surface area (Å²) in [5.41, 5.74) is 2.93. The zero-order valence-corrected chi connectivity index (χ0v) is 13.2. The molecule has 19 heavy (non-hydrogen) atoms. The van der Waals surface area contributed by atoms with E-state index in [1.54, 1.807) is 0 Å². The predicted octanol–water partition coefficient (Wildman–Crippen LogP) is 4.74. The Hall–Kier alpha value is -0.820. The molecule has 108 valence electrons. The number of nitrogens with one attached hydrogen (secondary N) is 1. The molecule has 1 heteroatoms. The molecular formula is C18H31N. The summed E-state index contributed by atoms with van der Waals surface area (Å²) < 4.78 is 0. The summed E-state index contributed by atoms with van der Waals surface area (Å²) in [6, 6.07) is 10.3. The van der Waals surface area contributed by atoms with E-state index in [0.29, 0.717) is 12.1 Å². The van der Waals surface area contributed by atoms with Crippen molar-refractivity contribution in [2.24, 2.45) is 0 Å². The van der Waals surface area contributed by atoms with Crippen molar-refractivity contribution in [2.45, 2.75) is 78.3 Å². The molecule has 0 fully saturated rings. The number of hydrogen-bond donors (Lipinski definition) is 1. The third-order valence-corrected chi connectivity index (χ3v) is 3.50. The monoisotopic (exact) mass is 261 g/mol. The Morgan fingerprint density at radius 1 is 0.895 bits per heavy atom. The molecule has 0 spiro atoms. The van der Waals surface area contributed by atoms with Gasteiger partial charge in [0.25, 0.3) is 0 Å². The zero-order chi connectivity index (χ0) is 14.1. The molecule has 1 atom stereocenters. The van der Waals surface area contributed by atoms with E-state index in [9.17, 15) is 0 Å². The van der Waals surface area contributed by atoms with E-state index >= 15 is 0 Å². The molecule has 1 aromatic rings. The minimum absolute atomic E-state index is 0.551. The zero-order valence-electron chi connectivity index (χ0n) is 13.2. The molecule has 1 nitrogen and oxygen atoms in total. The van der Waals surface area contributed by atoms with E-state index in [1.807, 2.05) is 0 Å². The normalized spacial score (nSPS) is 12.9. The van der Waals surface area contributed by atoms with Gasteiger partial charge in [0.05, 0.1) is 0 Å². The van der Waals surface area contributed by atoms with Crippen molar-refractivity contribution in [2.75, 3.05) is 0 Å². The number of unbranched alkanes of at least 4 members (excludes halogenated alkanes) is 3. The summed E-state index contributed by atoms with van der Waals surface area (Å²) in [4.78, 5) is 0. The Bertz CT molecular complexity index is 326. The molecule has 0 aliphatic rings. The van der Waals surface area contributed by atoms with Crippen LogP contribution in [0.15, 0.2) is 24.3 Å². The largest absolute Gasteiger partial charge is 0.312 e. The molecule has 1 unspecified atom stereocenters. The van der Waals surface area contributed by atoms with E-state index in [0.717, 1.165) is 6.42 Å². The summed E-state index contributed by atoms with van der Waals surface area (Å²) in [6.45, 7) is 8.94. The number of benzene rings is 1. The van der Waals surface area contributed by atoms with Gasteiger partial charge in [-0.2, -0.15) is 0 Å². The van der Waals surface area contributed by atoms with Crippen molar-refractivity contribution >= 4 is 0 Å². The fraction of sp³-hybridized carbons (Fsp3) is 0.667. The van der Waals surface area contributed by atoms with Crippen LogP contribution < -0.4 is 5.32 Å². The first kappa shape index (κ1) is 16.2. The molecule has 0 radical (unpaired) electrons. The molecular weight excluding hydrogens is 230 g/mol. The lowest BCUT2D eigenvalue weighted by atomic mass is 10.0. The van der Waals surface area contributed by atoms with Gasteiger partial charge in [0, 0.05) is 12.1 Å². The molecule has 1 N–H and O–H groups in total. The van der Waals surface area contributed by atoms with Gasteiger partial charge in [-0.15, -0.1) is 0 Å². The molecule has 0 bridgehead atoms. The maximum atomic E-state index is 3.55. The standard InChI is InChI=1S/C18H31N/c1-5-6-7-8-9-17-10-12-18(13-11-17)14-16(4)19-15(2)3/h10-13,15-16,19H,5-9,14H2,1-4H3. The van der Waals surface area contributed by atoms with Gasteiger partial charge >= 0.3 is 0 Å². The predicted molar refractivity (Wildman–Crippen MR) is 85.7 cm³/mol. The molecule has 0 heterocycles. The molecule has 0 amide bonds. The van der Waals surface area contributed by atoms with Crippen LogP contribution in [0.5, 0.6) is 0 Å². The topological polar surface area (TPSA) is 12.0 Å². The minimum atomic E-state index is 0.551. The summed E-state index contributed by atoms with van der Waals surface area (Å²) in [5.74, 6) is 0. The van der Waals surface area contributed by atoms with E-state index < -0.39 is 0 Å². The van der Waals surface area contributed by atoms with Gasteiger partial charge in [-0.05, 0) is 37.3 Å². The summed E-state index contributed by atoms with van der Waals surface area (Å²) in [6.07, 6.45) is 7.75. The SMILES string of the molecule is CCCCCCc1ccc(CC(C)NC(C)C)cc1. The molecule has 1 aromatic carbocycles. The smallest absolute Gasteiger partial charge is 0.00815 e. The molecule has 0 saturated carbocycles. The highest BCUT2D eigenvalue weighted by molar-refractivity contribution is 5.23. The Morgan fingerprint density at radius 3 is 2.11 bits per heavy atom. The Labute approximate surface area is 119 Å². The summed E-state index contributed by atoms with van der Waals surface area (Å²) >= 11 is 0. The van der Waals surface area contributed by atoms with Gasteiger partial charge in [-0.1, -0.05) is 64.3 Å². The highest BCUT2D eigenvalue weighted by atomic mass is 14.9. The van der Waals surface area contributed by atoms with Crippen LogP contribution in [-0.2, 0) is 12.8 Å². The van der Waals surface area contributed by atoms with Crippen LogP contribution in [0, 0.1) is 0 Å². The van der Waals surface area contributed by atoms with Crippen molar-refractivity contribution in [3.05, 3.63) is 35.4 Å². The lowest BCUT2D eigenvalue weighted by molar-refractivity contribution is 0.487. The molecule has 1 rings (SSSR count). The van der Waals surface area contributed by atoms with Crippen molar-refractivity contribution in [1.29, 1.82) is 0 Å². The first-order valence-corrected chi connectivity index (χ1v) is 7.95. The maximum absolute atomic E-state index is 3.55. The van der Waals surface area contributed by atoms with Crippen LogP contribution >= 0.6 is 0 Å². The van der Waals surface area contributed by atoms with Crippen LogP contribution in [-0.4, -0.2) is 12.1 Å². The molecule has 0 aliphatic carbocycles. The second kappa shape index (κ2) is 9.14. The van der Waals surface area contributed by atoms with Gasteiger partial charge in [-0.25, -0.2) is 0 Å². The summed E-state index contributed by atoms with van der Waals surface area (Å²) in [7, 11) is 0. The minimum Gasteiger partial charge on any atom is -0.312 e. The van der Waals surface area contributed by atoms with Gasteiger partial charge in [-0.3, -0.25) is 0 Å². The van der Waals surface area contributed by atoms with Crippen molar-refractivity contribution in [1.82, 2.24) is 5.32 Å². The Kier molecular flexibility index (Phi) is 7.81. The van der Waals surface area contributed by atoms with E-state index in [4.69, 9.17) is 0 Å². The fourth-order valence-corrected chi connectivity index (χ4v) is 2.58. The second-order valence-corrected chi connectivity index (χ2v) is 6.05. The second-order valence-electron chi connectivity index (χ2n) is 6.05. The fourth-order valence-electron chi connectivity index (χ4n) is 2.58. The van der Waals surface area contributed by atoms with Crippen LogP contribution in [0.2, 0.25) is 0 Å². The number of aryl methyl sites for hydroxylation is 1. The van der Waals surface area contributed by atoms with Crippen LogP contribution in [0.25, 0.3) is 0 Å². The van der Waals surface area contributed by atoms with Gasteiger partial charge in [0.1, 0.15) is 0 Å². The third-order valence-electron chi connectivity index (χ3n) is 3.50. The lowest BCUT2D eigenvalue weighted by Gasteiger charge is -2.17. The van der Waals surface area contributed by atoms with E-state index in [2.05, 4.69) is 57.3 Å². The van der Waals surface area contributed by atoms with Gasteiger partial charge in [0.2, 0.25) is 0 Å². The highest BCUT2D eigenvalue weighted by Crippen LogP contribution is 2.11. The maximum Gasteiger partial charge on any atom is 0.00815 e. The first-order valence-electron chi connectivity index (χ1n) is 7.95. The number of hydrogen-bond acceptors (Lipinski definition) is 1. The van der Waals surface area contributed by atoms with Crippen LogP contribution in [0.4, 0.5) is 0 Å². The quantitative estimate of drug-likeness (QED) is 0.633. The van der Waals surface area contributed by atoms with E-state index in [1.165, 1.54) is 43.2 Å². The van der Waals surface area contributed by atoms with Gasteiger partial charge in [0.15, 0.2) is 0 Å². The van der Waals surface area contributed by atoms with Crippen LogP contribution in [0.1, 0.15) is 64.5 Å². The van der Waals surface area contributed by atoms with Crippen molar-refractivity contribution < 1.29 is 0 Å². The molecule has 0 saturated heterocycles. The molecule has 0 aliphatic heterocycles. The van der Waals surface area contributed by atoms with Crippen molar-refractivity contribution in [3.8, 4) is 0 Å². The summed E-state index contributed by atoms with van der Waals surface area (Å²) in [5, 5.41) is 3.55. The molecule has 0 aromatic heterocycles.